The van der Waals surface area contributed by atoms with E-state index in [0.717, 1.165) is 17.0 Å². The van der Waals surface area contributed by atoms with Crippen LogP contribution in [0.4, 0.5) is 5.69 Å². The highest BCUT2D eigenvalue weighted by Gasteiger charge is 2.14. The minimum absolute atomic E-state index is 0.291. The van der Waals surface area contributed by atoms with Gasteiger partial charge in [0.15, 0.2) is 0 Å². The van der Waals surface area contributed by atoms with Gasteiger partial charge >= 0.3 is 0 Å². The molecule has 1 aromatic heterocycles. The Kier molecular flexibility index (Phi) is 5.91. The van der Waals surface area contributed by atoms with Crippen molar-refractivity contribution >= 4 is 28.6 Å². The predicted octanol–water partition coefficient (Wildman–Crippen LogP) is 4.51. The molecule has 0 atom stereocenters. The summed E-state index contributed by atoms with van der Waals surface area (Å²) < 4.78 is 1.63. The lowest BCUT2D eigenvalue weighted by atomic mass is 10.1. The van der Waals surface area contributed by atoms with Crippen molar-refractivity contribution in [3.8, 4) is 5.69 Å². The van der Waals surface area contributed by atoms with E-state index in [1.165, 1.54) is 11.3 Å². The number of amides is 1. The molecule has 0 bridgehead atoms. The average molecular weight is 414 g/mol. The Morgan fingerprint density at radius 3 is 2.17 bits per heavy atom. The second-order valence-corrected chi connectivity index (χ2v) is 7.36. The number of benzene rings is 3. The fourth-order valence-corrected chi connectivity index (χ4v) is 3.49. The Bertz CT molecular complexity index is 1230. The zero-order valence-electron chi connectivity index (χ0n) is 16.3. The summed E-state index contributed by atoms with van der Waals surface area (Å²) in [5.41, 5.74) is 3.28. The summed E-state index contributed by atoms with van der Waals surface area (Å²) in [6.07, 6.45) is 0. The number of nitrogens with zero attached hydrogens (tertiary/aromatic N) is 4. The Morgan fingerprint density at radius 2 is 1.50 bits per heavy atom. The minimum Gasteiger partial charge on any atom is -0.320 e. The maximum absolute atomic E-state index is 12.7. The first-order valence-corrected chi connectivity index (χ1v) is 10.2. The lowest BCUT2D eigenvalue weighted by molar-refractivity contribution is 0.102. The molecule has 0 radical (unpaired) electrons. The first kappa shape index (κ1) is 19.5. The monoisotopic (exact) mass is 413 g/mol. The predicted molar refractivity (Wildman–Crippen MR) is 120 cm³/mol. The highest BCUT2D eigenvalue weighted by molar-refractivity contribution is 7.11. The van der Waals surface area contributed by atoms with Gasteiger partial charge in [-0.05, 0) is 36.8 Å². The third-order valence-electron chi connectivity index (χ3n) is 4.26. The molecule has 7 heteroatoms. The molecule has 0 aliphatic heterocycles. The molecule has 30 heavy (non-hydrogen) atoms. The van der Waals surface area contributed by atoms with Gasteiger partial charge in [-0.3, -0.25) is 4.79 Å². The maximum atomic E-state index is 12.7. The van der Waals surface area contributed by atoms with Gasteiger partial charge in [0.2, 0.25) is 9.81 Å². The number of nitrogens with one attached hydrogen (secondary N) is 1. The van der Waals surface area contributed by atoms with E-state index in [1.54, 1.807) is 4.68 Å². The number of hydrogen-bond acceptors (Lipinski definition) is 5. The van der Waals surface area contributed by atoms with Gasteiger partial charge in [-0.25, -0.2) is 4.68 Å². The first-order chi connectivity index (χ1) is 14.7. The second kappa shape index (κ2) is 9.11. The van der Waals surface area contributed by atoms with Gasteiger partial charge < -0.3 is 5.32 Å². The van der Waals surface area contributed by atoms with Crippen LogP contribution in [0, 0.1) is 0 Å². The number of anilines is 1. The lowest BCUT2D eigenvalue weighted by Crippen LogP contribution is -2.15. The average Bonchev–Trinajstić information content (AvgIpc) is 3.24. The molecule has 0 fully saturated rings. The van der Waals surface area contributed by atoms with Gasteiger partial charge in [-0.2, -0.15) is 5.10 Å². The van der Waals surface area contributed by atoms with E-state index in [4.69, 9.17) is 0 Å². The van der Waals surface area contributed by atoms with Crippen LogP contribution in [0.1, 0.15) is 22.3 Å². The van der Waals surface area contributed by atoms with Crippen LogP contribution in [0.15, 0.2) is 101 Å². The second-order valence-electron chi connectivity index (χ2n) is 6.41. The molecule has 3 aromatic carbocycles. The number of carbonyl (C=O) groups is 1. The zero-order chi connectivity index (χ0) is 20.8. The Labute approximate surface area is 177 Å². The van der Waals surface area contributed by atoms with Gasteiger partial charge in [0, 0.05) is 5.69 Å². The van der Waals surface area contributed by atoms with Crippen molar-refractivity contribution in [3.63, 3.8) is 0 Å². The first-order valence-electron chi connectivity index (χ1n) is 9.36. The number of para-hydroxylation sites is 2. The summed E-state index contributed by atoms with van der Waals surface area (Å²) in [4.78, 5) is 13.2. The van der Waals surface area contributed by atoms with Gasteiger partial charge in [-0.15, -0.1) is 10.2 Å². The molecule has 6 nitrogen and oxygen atoms in total. The van der Waals surface area contributed by atoms with Gasteiger partial charge in [0.05, 0.1) is 11.4 Å². The fourth-order valence-electron chi connectivity index (χ4n) is 2.74. The van der Waals surface area contributed by atoms with E-state index in [0.29, 0.717) is 15.5 Å². The molecule has 0 aliphatic rings. The van der Waals surface area contributed by atoms with Gasteiger partial charge in [0.1, 0.15) is 0 Å². The molecule has 1 N–H and O–H groups in total. The molecule has 0 saturated heterocycles. The molecule has 4 aromatic rings. The SMILES string of the molecule is C/C(=N\N=c1\sc(C(=O)Nc2ccccc2)nn1-c1ccccc1)c1ccccc1. The van der Waals surface area contributed by atoms with Crippen LogP contribution in [0.25, 0.3) is 5.69 Å². The third-order valence-corrected chi connectivity index (χ3v) is 5.16. The number of rotatable bonds is 5. The summed E-state index contributed by atoms with van der Waals surface area (Å²) in [6.45, 7) is 1.90. The van der Waals surface area contributed by atoms with E-state index < -0.39 is 0 Å². The molecule has 0 unspecified atom stereocenters. The smallest absolute Gasteiger partial charge is 0.286 e. The van der Waals surface area contributed by atoms with Crippen molar-refractivity contribution in [3.05, 3.63) is 106 Å². The molecule has 1 heterocycles. The van der Waals surface area contributed by atoms with Crippen LogP contribution < -0.4 is 10.1 Å². The van der Waals surface area contributed by atoms with Crippen LogP contribution >= 0.6 is 11.3 Å². The van der Waals surface area contributed by atoms with Crippen LogP contribution in [0.5, 0.6) is 0 Å². The maximum Gasteiger partial charge on any atom is 0.286 e. The number of aromatic nitrogens is 2. The topological polar surface area (TPSA) is 71.6 Å². The quantitative estimate of drug-likeness (QED) is 0.386. The van der Waals surface area contributed by atoms with Crippen LogP contribution in [0.3, 0.4) is 0 Å². The molecule has 148 valence electrons. The van der Waals surface area contributed by atoms with E-state index in [-0.39, 0.29) is 5.91 Å². The molecular weight excluding hydrogens is 394 g/mol. The Hall–Kier alpha value is -3.84. The number of carbonyl (C=O) groups excluding carboxylic acids is 1. The number of hydrogen-bond donors (Lipinski definition) is 1. The Balaban J connectivity index is 1.72. The van der Waals surface area contributed by atoms with Crippen LogP contribution in [-0.4, -0.2) is 21.4 Å². The summed E-state index contributed by atoms with van der Waals surface area (Å²) in [7, 11) is 0. The third kappa shape index (κ3) is 4.59. The van der Waals surface area contributed by atoms with Crippen molar-refractivity contribution in [1.82, 2.24) is 9.78 Å². The normalized spacial score (nSPS) is 12.0. The zero-order valence-corrected chi connectivity index (χ0v) is 17.1. The molecule has 4 rings (SSSR count). The van der Waals surface area contributed by atoms with Gasteiger partial charge in [-0.1, -0.05) is 78.1 Å². The van der Waals surface area contributed by atoms with Crippen molar-refractivity contribution < 1.29 is 4.79 Å². The van der Waals surface area contributed by atoms with E-state index >= 15 is 0 Å². The molecular formula is C23H19N5OS. The molecule has 0 saturated carbocycles. The Morgan fingerprint density at radius 1 is 0.900 bits per heavy atom. The molecule has 1 amide bonds. The summed E-state index contributed by atoms with van der Waals surface area (Å²) in [5.74, 6) is -0.291. The van der Waals surface area contributed by atoms with Crippen molar-refractivity contribution in [1.29, 1.82) is 0 Å². The van der Waals surface area contributed by atoms with Crippen LogP contribution in [-0.2, 0) is 0 Å². The minimum atomic E-state index is -0.291. The van der Waals surface area contributed by atoms with Gasteiger partial charge in [0.25, 0.3) is 5.91 Å². The van der Waals surface area contributed by atoms with E-state index in [1.807, 2.05) is 97.9 Å². The fraction of sp³-hybridized carbons (Fsp3) is 0.0435. The highest BCUT2D eigenvalue weighted by Crippen LogP contribution is 2.11. The van der Waals surface area contributed by atoms with Crippen LogP contribution in [0.2, 0.25) is 0 Å². The van der Waals surface area contributed by atoms with E-state index in [2.05, 4.69) is 20.6 Å². The lowest BCUT2D eigenvalue weighted by Gasteiger charge is -2.02. The summed E-state index contributed by atoms with van der Waals surface area (Å²) >= 11 is 1.18. The van der Waals surface area contributed by atoms with Crippen molar-refractivity contribution in [2.75, 3.05) is 5.32 Å². The van der Waals surface area contributed by atoms with Crippen molar-refractivity contribution in [2.24, 2.45) is 10.2 Å². The molecule has 0 spiro atoms. The van der Waals surface area contributed by atoms with E-state index in [9.17, 15) is 4.79 Å². The molecule has 0 aliphatic carbocycles. The summed E-state index contributed by atoms with van der Waals surface area (Å²) in [6, 6.07) is 28.7. The standard InChI is InChI=1S/C23H19N5OS/c1-17(18-11-5-2-6-12-18)25-26-23-28(20-15-9-4-10-16-20)27-22(30-23)21(29)24-19-13-7-3-8-14-19/h2-16H,1H3,(H,24,29)/b25-17+,26-23+. The summed E-state index contributed by atoms with van der Waals surface area (Å²) in [5, 5.41) is 16.4. The highest BCUT2D eigenvalue weighted by atomic mass is 32.1. The largest absolute Gasteiger partial charge is 0.320 e. The van der Waals surface area contributed by atoms with Crippen molar-refractivity contribution in [2.45, 2.75) is 6.92 Å².